The van der Waals surface area contributed by atoms with Gasteiger partial charge < -0.3 is 19.5 Å². The van der Waals surface area contributed by atoms with Gasteiger partial charge in [0, 0.05) is 39.1 Å². The number of piperidine rings is 1. The van der Waals surface area contributed by atoms with Crippen LogP contribution < -0.4 is 5.32 Å². The number of hydrogen-bond acceptors (Lipinski definition) is 3. The molecule has 3 rings (SSSR count). The zero-order chi connectivity index (χ0) is 18.2. The maximum atomic E-state index is 6.09. The Morgan fingerprint density at radius 3 is 2.73 bits per heavy atom. The predicted octanol–water partition coefficient (Wildman–Crippen LogP) is 3.08. The van der Waals surface area contributed by atoms with E-state index in [2.05, 4.69) is 37.9 Å². The van der Waals surface area contributed by atoms with Crippen LogP contribution in [0.2, 0.25) is 0 Å². The van der Waals surface area contributed by atoms with Crippen LogP contribution in [0.4, 0.5) is 0 Å². The number of hydrogen-bond donors (Lipinski definition) is 1. The molecule has 0 spiro atoms. The van der Waals surface area contributed by atoms with Gasteiger partial charge in [-0.1, -0.05) is 32.6 Å². The summed E-state index contributed by atoms with van der Waals surface area (Å²) in [5.41, 5.74) is 0. The largest absolute Gasteiger partial charge is 0.376 e. The van der Waals surface area contributed by atoms with E-state index in [0.29, 0.717) is 18.1 Å². The molecule has 2 unspecified atom stereocenters. The highest BCUT2D eigenvalue weighted by atomic mass is 16.5. The van der Waals surface area contributed by atoms with Crippen molar-refractivity contribution < 1.29 is 4.74 Å². The Kier molecular flexibility index (Phi) is 7.35. The molecule has 146 valence electrons. The van der Waals surface area contributed by atoms with Crippen LogP contribution in [0.1, 0.15) is 57.9 Å². The fourth-order valence-electron chi connectivity index (χ4n) is 4.22. The number of imidazole rings is 1. The van der Waals surface area contributed by atoms with Crippen LogP contribution in [0.25, 0.3) is 0 Å². The smallest absolute Gasteiger partial charge is 0.193 e. The van der Waals surface area contributed by atoms with E-state index in [0.717, 1.165) is 32.2 Å². The van der Waals surface area contributed by atoms with E-state index >= 15 is 0 Å². The molecule has 1 aromatic rings. The third-order valence-electron chi connectivity index (χ3n) is 5.88. The summed E-state index contributed by atoms with van der Waals surface area (Å²) in [6.45, 7) is 5.94. The Hall–Kier alpha value is -1.56. The molecule has 1 aliphatic heterocycles. The monoisotopic (exact) mass is 361 g/mol. The molecule has 6 heteroatoms. The number of guanidine groups is 1. The second kappa shape index (κ2) is 9.95. The summed E-state index contributed by atoms with van der Waals surface area (Å²) in [5.74, 6) is 1.64. The van der Waals surface area contributed by atoms with Crippen molar-refractivity contribution in [3.05, 3.63) is 18.7 Å². The molecule has 0 amide bonds. The molecular weight excluding hydrogens is 326 g/mol. The summed E-state index contributed by atoms with van der Waals surface area (Å²) in [6.07, 6.45) is 15.3. The summed E-state index contributed by atoms with van der Waals surface area (Å²) in [6, 6.07) is 0.451. The number of aromatic nitrogens is 2. The Morgan fingerprint density at radius 1 is 1.23 bits per heavy atom. The fourth-order valence-corrected chi connectivity index (χ4v) is 4.22. The average Bonchev–Trinajstić information content (AvgIpc) is 3.07. The second-order valence-electron chi connectivity index (χ2n) is 7.75. The summed E-state index contributed by atoms with van der Waals surface area (Å²) in [5, 5.41) is 3.50. The van der Waals surface area contributed by atoms with Crippen LogP contribution in [0, 0.1) is 5.92 Å². The quantitative estimate of drug-likeness (QED) is 0.379. The normalized spacial score (nSPS) is 25.9. The number of ether oxygens (including phenoxy) is 1. The lowest BCUT2D eigenvalue weighted by molar-refractivity contribution is 0.0464. The standard InChI is InChI=1S/C20H35N5O/c1-17-9-12-24(15-19(17)25-13-10-22-16-25)20(21-2)23-11-14-26-18-7-5-3-4-6-8-18/h10,13,16-19H,3-9,11-12,14-15H2,1-2H3,(H,21,23). The first-order valence-corrected chi connectivity index (χ1v) is 10.3. The van der Waals surface area contributed by atoms with Crippen molar-refractivity contribution in [3.8, 4) is 0 Å². The van der Waals surface area contributed by atoms with Crippen molar-refractivity contribution in [3.63, 3.8) is 0 Å². The summed E-state index contributed by atoms with van der Waals surface area (Å²) >= 11 is 0. The molecule has 0 bridgehead atoms. The topological polar surface area (TPSA) is 54.7 Å². The first-order chi connectivity index (χ1) is 12.8. The van der Waals surface area contributed by atoms with Gasteiger partial charge in [-0.25, -0.2) is 4.98 Å². The van der Waals surface area contributed by atoms with E-state index in [1.165, 1.54) is 44.9 Å². The van der Waals surface area contributed by atoms with Gasteiger partial charge in [0.15, 0.2) is 5.96 Å². The molecule has 1 aliphatic carbocycles. The number of nitrogens with one attached hydrogen (secondary N) is 1. The third-order valence-corrected chi connectivity index (χ3v) is 5.88. The number of rotatable bonds is 5. The van der Waals surface area contributed by atoms with Crippen LogP contribution in [-0.4, -0.2) is 59.8 Å². The lowest BCUT2D eigenvalue weighted by Gasteiger charge is -2.39. The highest BCUT2D eigenvalue weighted by Gasteiger charge is 2.28. The van der Waals surface area contributed by atoms with Gasteiger partial charge in [-0.3, -0.25) is 4.99 Å². The first kappa shape index (κ1) is 19.2. The molecular formula is C20H35N5O. The molecule has 26 heavy (non-hydrogen) atoms. The fraction of sp³-hybridized carbons (Fsp3) is 0.800. The Morgan fingerprint density at radius 2 is 2.04 bits per heavy atom. The van der Waals surface area contributed by atoms with E-state index in [4.69, 9.17) is 4.74 Å². The van der Waals surface area contributed by atoms with E-state index < -0.39 is 0 Å². The number of likely N-dealkylation sites (tertiary alicyclic amines) is 1. The van der Waals surface area contributed by atoms with Gasteiger partial charge in [-0.05, 0) is 25.2 Å². The van der Waals surface area contributed by atoms with E-state index in [9.17, 15) is 0 Å². The van der Waals surface area contributed by atoms with Crippen LogP contribution in [0.5, 0.6) is 0 Å². The summed E-state index contributed by atoms with van der Waals surface area (Å²) < 4.78 is 8.33. The minimum Gasteiger partial charge on any atom is -0.376 e. The summed E-state index contributed by atoms with van der Waals surface area (Å²) in [7, 11) is 1.87. The Balaban J connectivity index is 1.44. The predicted molar refractivity (Wildman–Crippen MR) is 105 cm³/mol. The molecule has 1 saturated carbocycles. The van der Waals surface area contributed by atoms with Crippen molar-refractivity contribution in [2.45, 2.75) is 64.0 Å². The maximum absolute atomic E-state index is 6.09. The summed E-state index contributed by atoms with van der Waals surface area (Å²) in [4.78, 5) is 11.1. The molecule has 0 radical (unpaired) electrons. The van der Waals surface area contributed by atoms with Crippen molar-refractivity contribution in [2.75, 3.05) is 33.3 Å². The number of aliphatic imine (C=N–C) groups is 1. The lowest BCUT2D eigenvalue weighted by Crippen LogP contribution is -2.49. The van der Waals surface area contributed by atoms with E-state index in [1.54, 1.807) is 0 Å². The minimum atomic E-state index is 0.451. The van der Waals surface area contributed by atoms with Crippen molar-refractivity contribution >= 4 is 5.96 Å². The Labute approximate surface area is 158 Å². The van der Waals surface area contributed by atoms with Crippen LogP contribution in [0.3, 0.4) is 0 Å². The molecule has 1 aromatic heterocycles. The SMILES string of the molecule is CN=C(NCCOC1CCCCCC1)N1CCC(C)C(n2ccnc2)C1. The third kappa shape index (κ3) is 5.22. The second-order valence-corrected chi connectivity index (χ2v) is 7.75. The van der Waals surface area contributed by atoms with Gasteiger partial charge >= 0.3 is 0 Å². The average molecular weight is 362 g/mol. The zero-order valence-electron chi connectivity index (χ0n) is 16.4. The molecule has 1 N–H and O–H groups in total. The highest BCUT2D eigenvalue weighted by molar-refractivity contribution is 5.80. The number of nitrogens with zero attached hydrogens (tertiary/aromatic N) is 4. The van der Waals surface area contributed by atoms with Gasteiger partial charge in [0.1, 0.15) is 0 Å². The van der Waals surface area contributed by atoms with Crippen LogP contribution in [-0.2, 0) is 4.74 Å². The van der Waals surface area contributed by atoms with Gasteiger partial charge in [-0.2, -0.15) is 0 Å². The molecule has 2 heterocycles. The van der Waals surface area contributed by atoms with Crippen molar-refractivity contribution in [1.82, 2.24) is 19.8 Å². The van der Waals surface area contributed by atoms with Crippen LogP contribution >= 0.6 is 0 Å². The van der Waals surface area contributed by atoms with Gasteiger partial charge in [-0.15, -0.1) is 0 Å². The van der Waals surface area contributed by atoms with Crippen molar-refractivity contribution in [1.29, 1.82) is 0 Å². The molecule has 0 aromatic carbocycles. The first-order valence-electron chi connectivity index (χ1n) is 10.3. The zero-order valence-corrected chi connectivity index (χ0v) is 16.4. The maximum Gasteiger partial charge on any atom is 0.193 e. The molecule has 2 atom stereocenters. The van der Waals surface area contributed by atoms with Crippen molar-refractivity contribution in [2.24, 2.45) is 10.9 Å². The Bertz CT molecular complexity index is 536. The van der Waals surface area contributed by atoms with Gasteiger partial charge in [0.05, 0.1) is 25.1 Å². The molecule has 2 aliphatic rings. The van der Waals surface area contributed by atoms with E-state index in [1.807, 2.05) is 19.6 Å². The molecule has 6 nitrogen and oxygen atoms in total. The minimum absolute atomic E-state index is 0.451. The highest BCUT2D eigenvalue weighted by Crippen LogP contribution is 2.27. The van der Waals surface area contributed by atoms with Gasteiger partial charge in [0.25, 0.3) is 0 Å². The van der Waals surface area contributed by atoms with Crippen LogP contribution in [0.15, 0.2) is 23.7 Å². The molecule has 2 fully saturated rings. The lowest BCUT2D eigenvalue weighted by atomic mass is 9.93. The van der Waals surface area contributed by atoms with E-state index in [-0.39, 0.29) is 0 Å². The van der Waals surface area contributed by atoms with Gasteiger partial charge in [0.2, 0.25) is 0 Å². The molecule has 1 saturated heterocycles.